The molecule has 8 heteroatoms. The zero-order chi connectivity index (χ0) is 20.7. The molecule has 0 saturated carbocycles. The Morgan fingerprint density at radius 1 is 1.20 bits per heavy atom. The Morgan fingerprint density at radius 2 is 2.00 bits per heavy atom. The fraction of sp³-hybridized carbons (Fsp3) is 0.545. The van der Waals surface area contributed by atoms with Crippen LogP contribution in [0.3, 0.4) is 0 Å². The minimum absolute atomic E-state index is 0. The van der Waals surface area contributed by atoms with Gasteiger partial charge in [0.15, 0.2) is 5.96 Å². The van der Waals surface area contributed by atoms with Crippen LogP contribution < -0.4 is 10.6 Å². The number of rotatable bonds is 13. The number of hydrogen-bond donors (Lipinski definition) is 2. The van der Waals surface area contributed by atoms with Crippen LogP contribution in [-0.2, 0) is 17.7 Å². The molecule has 0 fully saturated rings. The largest absolute Gasteiger partial charge is 0.385 e. The third-order valence-electron chi connectivity index (χ3n) is 4.62. The van der Waals surface area contributed by atoms with Crippen LogP contribution in [0.15, 0.2) is 47.7 Å². The minimum atomic E-state index is 0. The average Bonchev–Trinajstić information content (AvgIpc) is 3.16. The SMILES string of the molecule is CCNC(=NCCN(C)CCCOC)NCCc1nccn1Cc1ccccc1.I. The summed E-state index contributed by atoms with van der Waals surface area (Å²) in [5.74, 6) is 1.94. The second-order valence-corrected chi connectivity index (χ2v) is 7.04. The summed E-state index contributed by atoms with van der Waals surface area (Å²) in [6.45, 7) is 8.10. The van der Waals surface area contributed by atoms with E-state index in [0.717, 1.165) is 70.5 Å². The van der Waals surface area contributed by atoms with Crippen LogP contribution in [0.2, 0.25) is 0 Å². The summed E-state index contributed by atoms with van der Waals surface area (Å²) in [5, 5.41) is 6.74. The fourth-order valence-corrected chi connectivity index (χ4v) is 3.05. The van der Waals surface area contributed by atoms with E-state index in [1.807, 2.05) is 18.5 Å². The van der Waals surface area contributed by atoms with Crippen LogP contribution in [0.25, 0.3) is 0 Å². The van der Waals surface area contributed by atoms with Gasteiger partial charge in [-0.05, 0) is 26.0 Å². The van der Waals surface area contributed by atoms with E-state index >= 15 is 0 Å². The van der Waals surface area contributed by atoms with Crippen LogP contribution in [0.1, 0.15) is 24.7 Å². The molecule has 0 atom stereocenters. The maximum Gasteiger partial charge on any atom is 0.191 e. The van der Waals surface area contributed by atoms with E-state index < -0.39 is 0 Å². The average molecular weight is 528 g/mol. The van der Waals surface area contributed by atoms with Crippen molar-refractivity contribution in [2.75, 3.05) is 53.5 Å². The van der Waals surface area contributed by atoms with E-state index in [4.69, 9.17) is 4.74 Å². The van der Waals surface area contributed by atoms with Gasteiger partial charge < -0.3 is 24.8 Å². The lowest BCUT2D eigenvalue weighted by Gasteiger charge is -2.16. The second-order valence-electron chi connectivity index (χ2n) is 7.04. The topological polar surface area (TPSA) is 66.7 Å². The van der Waals surface area contributed by atoms with Gasteiger partial charge in [-0.2, -0.15) is 0 Å². The van der Waals surface area contributed by atoms with Gasteiger partial charge in [0.1, 0.15) is 5.82 Å². The first-order chi connectivity index (χ1) is 14.2. The van der Waals surface area contributed by atoms with Gasteiger partial charge in [0.2, 0.25) is 0 Å². The number of aliphatic imine (C=N–C) groups is 1. The number of likely N-dealkylation sites (N-methyl/N-ethyl adjacent to an activating group) is 1. The Labute approximate surface area is 198 Å². The normalized spacial score (nSPS) is 11.4. The number of guanidine groups is 1. The summed E-state index contributed by atoms with van der Waals surface area (Å²) >= 11 is 0. The summed E-state index contributed by atoms with van der Waals surface area (Å²) in [4.78, 5) is 11.5. The molecule has 0 aliphatic rings. The maximum atomic E-state index is 5.10. The summed E-state index contributed by atoms with van der Waals surface area (Å²) in [6.07, 6.45) is 5.81. The molecule has 0 radical (unpaired) electrons. The van der Waals surface area contributed by atoms with Crippen molar-refractivity contribution in [3.05, 3.63) is 54.1 Å². The standard InChI is InChI=1S/C22H36N6O.HI/c1-4-23-22(26-13-16-27(2)15-8-18-29-3)25-12-11-21-24-14-17-28(21)19-20-9-6-5-7-10-20;/h5-7,9-10,14,17H,4,8,11-13,15-16,18-19H2,1-3H3,(H2,23,25,26);1H. The zero-order valence-electron chi connectivity index (χ0n) is 18.5. The van der Waals surface area contributed by atoms with Crippen LogP contribution in [0.5, 0.6) is 0 Å². The van der Waals surface area contributed by atoms with Crippen LogP contribution in [0, 0.1) is 0 Å². The molecule has 0 amide bonds. The third-order valence-corrected chi connectivity index (χ3v) is 4.62. The monoisotopic (exact) mass is 528 g/mol. The highest BCUT2D eigenvalue weighted by Crippen LogP contribution is 2.05. The molecule has 0 aliphatic carbocycles. The van der Waals surface area contributed by atoms with Gasteiger partial charge in [0.25, 0.3) is 0 Å². The molecule has 1 aromatic heterocycles. The molecule has 1 heterocycles. The van der Waals surface area contributed by atoms with Gasteiger partial charge in [-0.1, -0.05) is 30.3 Å². The van der Waals surface area contributed by atoms with Crippen molar-refractivity contribution in [2.24, 2.45) is 4.99 Å². The Bertz CT molecular complexity index is 707. The molecule has 2 aromatic rings. The van der Waals surface area contributed by atoms with E-state index in [1.54, 1.807) is 7.11 Å². The summed E-state index contributed by atoms with van der Waals surface area (Å²) in [6, 6.07) is 10.5. The van der Waals surface area contributed by atoms with Crippen molar-refractivity contribution in [1.29, 1.82) is 0 Å². The van der Waals surface area contributed by atoms with E-state index in [-0.39, 0.29) is 24.0 Å². The van der Waals surface area contributed by atoms with E-state index in [2.05, 4.69) is 68.3 Å². The van der Waals surface area contributed by atoms with Crippen molar-refractivity contribution in [2.45, 2.75) is 26.3 Å². The fourth-order valence-electron chi connectivity index (χ4n) is 3.05. The Balaban J connectivity index is 0.00000450. The molecular weight excluding hydrogens is 491 g/mol. The molecule has 0 bridgehead atoms. The van der Waals surface area contributed by atoms with Gasteiger partial charge >= 0.3 is 0 Å². The third kappa shape index (κ3) is 10.4. The number of benzene rings is 1. The first kappa shape index (κ1) is 26.4. The number of methoxy groups -OCH3 is 1. The molecular formula is C22H37IN6O. The highest BCUT2D eigenvalue weighted by molar-refractivity contribution is 14.0. The summed E-state index contributed by atoms with van der Waals surface area (Å²) < 4.78 is 7.31. The number of aromatic nitrogens is 2. The van der Waals surface area contributed by atoms with E-state index in [0.29, 0.717) is 0 Å². The lowest BCUT2D eigenvalue weighted by atomic mass is 10.2. The number of hydrogen-bond acceptors (Lipinski definition) is 4. The predicted octanol–water partition coefficient (Wildman–Crippen LogP) is 2.62. The molecule has 2 rings (SSSR count). The van der Waals surface area contributed by atoms with Crippen molar-refractivity contribution in [3.63, 3.8) is 0 Å². The molecule has 168 valence electrons. The molecule has 2 N–H and O–H groups in total. The lowest BCUT2D eigenvalue weighted by molar-refractivity contribution is 0.180. The van der Waals surface area contributed by atoms with Crippen molar-refractivity contribution >= 4 is 29.9 Å². The van der Waals surface area contributed by atoms with Gasteiger partial charge in [-0.15, -0.1) is 24.0 Å². The quantitative estimate of drug-likeness (QED) is 0.181. The molecule has 7 nitrogen and oxygen atoms in total. The second kappa shape index (κ2) is 16.1. The summed E-state index contributed by atoms with van der Waals surface area (Å²) in [7, 11) is 3.87. The van der Waals surface area contributed by atoms with Gasteiger partial charge in [0, 0.05) is 65.3 Å². The van der Waals surface area contributed by atoms with Gasteiger partial charge in [-0.3, -0.25) is 4.99 Å². The first-order valence-corrected chi connectivity index (χ1v) is 10.5. The Kier molecular flexibility index (Phi) is 14.2. The molecule has 0 saturated heterocycles. The van der Waals surface area contributed by atoms with Crippen LogP contribution in [0.4, 0.5) is 0 Å². The lowest BCUT2D eigenvalue weighted by Crippen LogP contribution is -2.39. The Morgan fingerprint density at radius 3 is 2.73 bits per heavy atom. The molecule has 0 spiro atoms. The van der Waals surface area contributed by atoms with E-state index in [9.17, 15) is 0 Å². The van der Waals surface area contributed by atoms with E-state index in [1.165, 1.54) is 5.56 Å². The van der Waals surface area contributed by atoms with Crippen molar-refractivity contribution < 1.29 is 4.74 Å². The number of halogens is 1. The molecule has 0 aliphatic heterocycles. The van der Waals surface area contributed by atoms with Gasteiger partial charge in [-0.25, -0.2) is 4.98 Å². The molecule has 0 unspecified atom stereocenters. The first-order valence-electron chi connectivity index (χ1n) is 10.5. The van der Waals surface area contributed by atoms with Crippen molar-refractivity contribution in [1.82, 2.24) is 25.1 Å². The number of nitrogens with zero attached hydrogens (tertiary/aromatic N) is 4. The number of nitrogens with one attached hydrogen (secondary N) is 2. The number of imidazole rings is 1. The van der Waals surface area contributed by atoms with Gasteiger partial charge in [0.05, 0.1) is 6.54 Å². The molecule has 1 aromatic carbocycles. The predicted molar refractivity (Wildman–Crippen MR) is 135 cm³/mol. The zero-order valence-corrected chi connectivity index (χ0v) is 20.8. The smallest absolute Gasteiger partial charge is 0.191 e. The Hall–Kier alpha value is -1.65. The number of ether oxygens (including phenoxy) is 1. The molecule has 30 heavy (non-hydrogen) atoms. The minimum Gasteiger partial charge on any atom is -0.385 e. The maximum absolute atomic E-state index is 5.10. The highest BCUT2D eigenvalue weighted by Gasteiger charge is 2.05. The van der Waals surface area contributed by atoms with Crippen molar-refractivity contribution in [3.8, 4) is 0 Å². The highest BCUT2D eigenvalue weighted by atomic mass is 127. The summed E-state index contributed by atoms with van der Waals surface area (Å²) in [5.41, 5.74) is 1.28. The van der Waals surface area contributed by atoms with Crippen LogP contribution >= 0.6 is 24.0 Å². The van der Waals surface area contributed by atoms with Crippen LogP contribution in [-0.4, -0.2) is 73.9 Å².